The average Bonchev–Trinajstić information content (AvgIpc) is 2.47. The van der Waals surface area contributed by atoms with Gasteiger partial charge < -0.3 is 5.11 Å². The quantitative estimate of drug-likeness (QED) is 0.805. The van der Waals surface area contributed by atoms with Crippen molar-refractivity contribution >= 4 is 23.2 Å². The first kappa shape index (κ1) is 8.96. The third-order valence-electron chi connectivity index (χ3n) is 1.77. The van der Waals surface area contributed by atoms with Crippen LogP contribution in [0.2, 0.25) is 5.15 Å². The smallest absolute Gasteiger partial charge is 0.309 e. The van der Waals surface area contributed by atoms with Crippen LogP contribution < -0.4 is 0 Å². The number of hydrogen-bond acceptors (Lipinski definition) is 3. The summed E-state index contributed by atoms with van der Waals surface area (Å²) in [5.41, 5.74) is 1.17. The largest absolute Gasteiger partial charge is 0.481 e. The van der Waals surface area contributed by atoms with Crippen molar-refractivity contribution in [1.82, 2.24) is 14.4 Å². The maximum absolute atomic E-state index is 10.5. The van der Waals surface area contributed by atoms with Crippen molar-refractivity contribution in [1.29, 1.82) is 0 Å². The van der Waals surface area contributed by atoms with Crippen molar-refractivity contribution in [3.8, 4) is 0 Å². The maximum atomic E-state index is 10.5. The number of aromatic nitrogens is 3. The number of imidazole rings is 1. The minimum atomic E-state index is -0.903. The van der Waals surface area contributed by atoms with Crippen LogP contribution >= 0.6 is 11.6 Å². The van der Waals surface area contributed by atoms with Gasteiger partial charge in [-0.05, 0) is 0 Å². The van der Waals surface area contributed by atoms with Crippen molar-refractivity contribution in [3.63, 3.8) is 0 Å². The normalized spacial score (nSPS) is 10.6. The van der Waals surface area contributed by atoms with Gasteiger partial charge in [-0.2, -0.15) is 0 Å². The topological polar surface area (TPSA) is 67.5 Å². The molecule has 0 saturated heterocycles. The van der Waals surface area contributed by atoms with Crippen LogP contribution in [-0.4, -0.2) is 25.4 Å². The highest BCUT2D eigenvalue weighted by Crippen LogP contribution is 2.10. The number of carboxylic acid groups (broad SMARTS) is 1. The minimum Gasteiger partial charge on any atom is -0.481 e. The standard InChI is InChI=1S/C8H6ClN3O2/c9-6-4-12-5(1-8(13)14)2-11-7(12)3-10-6/h2-4H,1H2,(H,13,14). The number of carbonyl (C=O) groups is 1. The highest BCUT2D eigenvalue weighted by Gasteiger charge is 2.07. The molecule has 2 rings (SSSR count). The van der Waals surface area contributed by atoms with E-state index in [1.54, 1.807) is 10.6 Å². The molecule has 2 heterocycles. The zero-order valence-electron chi connectivity index (χ0n) is 7.01. The average molecular weight is 212 g/mol. The first-order chi connectivity index (χ1) is 6.66. The Kier molecular flexibility index (Phi) is 2.09. The molecule has 0 aliphatic rings. The van der Waals surface area contributed by atoms with Gasteiger partial charge in [-0.15, -0.1) is 0 Å². The summed E-state index contributed by atoms with van der Waals surface area (Å²) in [5, 5.41) is 8.93. The molecule has 2 aromatic heterocycles. The summed E-state index contributed by atoms with van der Waals surface area (Å²) in [6, 6.07) is 0. The van der Waals surface area contributed by atoms with E-state index in [-0.39, 0.29) is 6.42 Å². The number of nitrogens with zero attached hydrogens (tertiary/aromatic N) is 3. The molecule has 0 aliphatic heterocycles. The Balaban J connectivity index is 2.55. The molecule has 0 aliphatic carbocycles. The SMILES string of the molecule is O=C(O)Cc1cnc2cnc(Cl)cn12. The summed E-state index contributed by atoms with van der Waals surface area (Å²) in [4.78, 5) is 18.3. The molecule has 1 N–H and O–H groups in total. The second kappa shape index (κ2) is 3.26. The van der Waals surface area contributed by atoms with E-state index in [4.69, 9.17) is 16.7 Å². The summed E-state index contributed by atoms with van der Waals surface area (Å²) in [6.07, 6.45) is 4.46. The zero-order chi connectivity index (χ0) is 10.1. The van der Waals surface area contributed by atoms with E-state index >= 15 is 0 Å². The number of carboxylic acids is 1. The van der Waals surface area contributed by atoms with Gasteiger partial charge >= 0.3 is 5.97 Å². The molecule has 0 unspecified atom stereocenters. The molecule has 2 aromatic rings. The van der Waals surface area contributed by atoms with Gasteiger partial charge in [-0.25, -0.2) is 9.97 Å². The lowest BCUT2D eigenvalue weighted by atomic mass is 10.3. The fraction of sp³-hybridized carbons (Fsp3) is 0.125. The lowest BCUT2D eigenvalue weighted by Gasteiger charge is -1.97. The molecular weight excluding hydrogens is 206 g/mol. The van der Waals surface area contributed by atoms with Crippen LogP contribution in [0.25, 0.3) is 5.65 Å². The molecule has 0 fully saturated rings. The fourth-order valence-electron chi connectivity index (χ4n) is 1.20. The fourth-order valence-corrected chi connectivity index (χ4v) is 1.35. The maximum Gasteiger partial charge on any atom is 0.309 e. The van der Waals surface area contributed by atoms with Crippen LogP contribution in [0.4, 0.5) is 0 Å². The van der Waals surface area contributed by atoms with Crippen molar-refractivity contribution in [2.45, 2.75) is 6.42 Å². The first-order valence-electron chi connectivity index (χ1n) is 3.86. The van der Waals surface area contributed by atoms with Crippen LogP contribution in [-0.2, 0) is 11.2 Å². The van der Waals surface area contributed by atoms with Crippen LogP contribution in [0.5, 0.6) is 0 Å². The Bertz CT molecular complexity index is 494. The Hall–Kier alpha value is -1.62. The van der Waals surface area contributed by atoms with Gasteiger partial charge in [0.2, 0.25) is 0 Å². The lowest BCUT2D eigenvalue weighted by molar-refractivity contribution is -0.136. The van der Waals surface area contributed by atoms with E-state index < -0.39 is 5.97 Å². The molecule has 0 aromatic carbocycles. The number of fused-ring (bicyclic) bond motifs is 1. The van der Waals surface area contributed by atoms with Crippen molar-refractivity contribution in [2.24, 2.45) is 0 Å². The lowest BCUT2D eigenvalue weighted by Crippen LogP contribution is -2.03. The third-order valence-corrected chi connectivity index (χ3v) is 1.97. The Morgan fingerprint density at radius 1 is 1.50 bits per heavy atom. The monoisotopic (exact) mass is 211 g/mol. The molecule has 0 spiro atoms. The number of rotatable bonds is 2. The highest BCUT2D eigenvalue weighted by atomic mass is 35.5. The van der Waals surface area contributed by atoms with Crippen molar-refractivity contribution in [2.75, 3.05) is 0 Å². The number of halogens is 1. The zero-order valence-corrected chi connectivity index (χ0v) is 7.77. The van der Waals surface area contributed by atoms with E-state index in [2.05, 4.69) is 9.97 Å². The van der Waals surface area contributed by atoms with E-state index in [1.165, 1.54) is 12.4 Å². The summed E-state index contributed by atoms with van der Waals surface area (Å²) >= 11 is 5.68. The first-order valence-corrected chi connectivity index (χ1v) is 4.24. The van der Waals surface area contributed by atoms with E-state index in [9.17, 15) is 4.79 Å². The molecule has 72 valence electrons. The predicted octanol–water partition coefficient (Wildman–Crippen LogP) is 1.01. The Morgan fingerprint density at radius 3 is 3.00 bits per heavy atom. The van der Waals surface area contributed by atoms with Gasteiger partial charge in [0.1, 0.15) is 5.15 Å². The van der Waals surface area contributed by atoms with E-state index in [0.717, 1.165) is 0 Å². The van der Waals surface area contributed by atoms with Crippen molar-refractivity contribution < 1.29 is 9.90 Å². The number of hydrogen-bond donors (Lipinski definition) is 1. The van der Waals surface area contributed by atoms with Gasteiger partial charge in [-0.3, -0.25) is 9.20 Å². The second-order valence-corrected chi connectivity index (χ2v) is 3.15. The molecule has 6 heteroatoms. The molecule has 0 saturated carbocycles. The highest BCUT2D eigenvalue weighted by molar-refractivity contribution is 6.29. The molecule has 5 nitrogen and oxygen atoms in total. The predicted molar refractivity (Wildman–Crippen MR) is 49.3 cm³/mol. The Labute approximate surface area is 84.0 Å². The van der Waals surface area contributed by atoms with E-state index in [0.29, 0.717) is 16.5 Å². The van der Waals surface area contributed by atoms with Crippen LogP contribution in [0.3, 0.4) is 0 Å². The molecule has 0 atom stereocenters. The van der Waals surface area contributed by atoms with Gasteiger partial charge in [0.15, 0.2) is 5.65 Å². The summed E-state index contributed by atoms with van der Waals surface area (Å²) in [7, 11) is 0. The summed E-state index contributed by atoms with van der Waals surface area (Å²) < 4.78 is 1.61. The van der Waals surface area contributed by atoms with Gasteiger partial charge in [-0.1, -0.05) is 11.6 Å². The third kappa shape index (κ3) is 1.54. The molecule has 0 amide bonds. The Morgan fingerprint density at radius 2 is 2.29 bits per heavy atom. The summed E-state index contributed by atoms with van der Waals surface area (Å²) in [5.74, 6) is -0.903. The van der Waals surface area contributed by atoms with Crippen LogP contribution in [0, 0.1) is 0 Å². The van der Waals surface area contributed by atoms with Crippen LogP contribution in [0.15, 0.2) is 18.6 Å². The van der Waals surface area contributed by atoms with Gasteiger partial charge in [0.05, 0.1) is 18.3 Å². The van der Waals surface area contributed by atoms with Crippen molar-refractivity contribution in [3.05, 3.63) is 29.4 Å². The minimum absolute atomic E-state index is 0.0818. The molecule has 0 radical (unpaired) electrons. The summed E-state index contributed by atoms with van der Waals surface area (Å²) in [6.45, 7) is 0. The van der Waals surface area contributed by atoms with Gasteiger partial charge in [0, 0.05) is 12.4 Å². The molecular formula is C8H6ClN3O2. The molecule has 0 bridgehead atoms. The second-order valence-electron chi connectivity index (χ2n) is 2.76. The van der Waals surface area contributed by atoms with Gasteiger partial charge in [0.25, 0.3) is 0 Å². The van der Waals surface area contributed by atoms with Crippen LogP contribution in [0.1, 0.15) is 5.69 Å². The van der Waals surface area contributed by atoms with E-state index in [1.807, 2.05) is 0 Å². The molecule has 14 heavy (non-hydrogen) atoms. The number of aliphatic carboxylic acids is 1.